The largest absolute Gasteiger partial charge is 0.395 e. The average molecular weight is 556 g/mol. The summed E-state index contributed by atoms with van der Waals surface area (Å²) in [5, 5.41) is 22.5. The lowest BCUT2D eigenvalue weighted by Gasteiger charge is -2.36. The first-order chi connectivity index (χ1) is 20.6. The van der Waals surface area contributed by atoms with Gasteiger partial charge in [0.25, 0.3) is 0 Å². The zero-order valence-electron chi connectivity index (χ0n) is 22.7. The maximum absolute atomic E-state index is 14.0. The fourth-order valence-electron chi connectivity index (χ4n) is 7.23. The second-order valence-corrected chi connectivity index (χ2v) is 10.9. The van der Waals surface area contributed by atoms with Crippen LogP contribution in [0, 0.1) is 23.7 Å². The molecule has 2 N–H and O–H groups in total. The summed E-state index contributed by atoms with van der Waals surface area (Å²) in [5.74, 6) is -2.99. The number of hydrogen-bond donors (Lipinski definition) is 2. The summed E-state index contributed by atoms with van der Waals surface area (Å²) in [6.45, 7) is -0.353. The van der Waals surface area contributed by atoms with Crippen LogP contribution in [0.15, 0.2) is 127 Å². The van der Waals surface area contributed by atoms with Crippen LogP contribution < -0.4 is 0 Å². The first kappa shape index (κ1) is 26.2. The normalized spacial score (nSPS) is 25.3. The molecule has 0 spiro atoms. The van der Waals surface area contributed by atoms with Crippen LogP contribution in [0.25, 0.3) is 5.57 Å². The van der Waals surface area contributed by atoms with Crippen LogP contribution in [0.3, 0.4) is 0 Å². The molecule has 2 bridgehead atoms. The van der Waals surface area contributed by atoms with Crippen molar-refractivity contribution in [1.29, 1.82) is 0 Å². The Morgan fingerprint density at radius 3 is 2.07 bits per heavy atom. The van der Waals surface area contributed by atoms with Crippen molar-refractivity contribution < 1.29 is 19.8 Å². The molecule has 3 heterocycles. The predicted octanol–water partition coefficient (Wildman–Crippen LogP) is 3.99. The Morgan fingerprint density at radius 1 is 0.786 bits per heavy atom. The maximum atomic E-state index is 14.0. The second kappa shape index (κ2) is 10.3. The third kappa shape index (κ3) is 3.81. The number of allylic oxidation sites excluding steroid dienone is 2. The Kier molecular flexibility index (Phi) is 6.41. The molecule has 1 aliphatic heterocycles. The lowest BCUT2D eigenvalue weighted by atomic mass is 9.71. The van der Waals surface area contributed by atoms with Gasteiger partial charge >= 0.3 is 0 Å². The molecule has 7 rings (SSSR count). The Morgan fingerprint density at radius 2 is 1.43 bits per heavy atom. The van der Waals surface area contributed by atoms with Gasteiger partial charge in [-0.1, -0.05) is 78.9 Å². The summed E-state index contributed by atoms with van der Waals surface area (Å²) >= 11 is 0. The molecular weight excluding hydrogens is 526 g/mol. The molecule has 2 fully saturated rings. The minimum absolute atomic E-state index is 0.0482. The van der Waals surface area contributed by atoms with Gasteiger partial charge in [-0.25, -0.2) is 0 Å². The van der Waals surface area contributed by atoms with Crippen molar-refractivity contribution in [2.24, 2.45) is 23.7 Å². The number of carbonyl (C=O) groups excluding carboxylic acids is 2. The Bertz CT molecular complexity index is 1620. The van der Waals surface area contributed by atoms with Gasteiger partial charge in [0.05, 0.1) is 36.4 Å². The molecule has 1 unspecified atom stereocenters. The van der Waals surface area contributed by atoms with Gasteiger partial charge < -0.3 is 10.2 Å². The number of nitrogens with zero attached hydrogens (tertiary/aromatic N) is 3. The molecule has 2 aromatic heterocycles. The number of imide groups is 1. The number of hydrogen-bond acceptors (Lipinski definition) is 6. The van der Waals surface area contributed by atoms with Crippen molar-refractivity contribution in [2.45, 2.75) is 5.60 Å². The number of aliphatic hydroxyl groups excluding tert-OH is 1. The first-order valence-corrected chi connectivity index (χ1v) is 14.1. The third-order valence-corrected chi connectivity index (χ3v) is 8.86. The van der Waals surface area contributed by atoms with E-state index in [1.807, 2.05) is 91.0 Å². The van der Waals surface area contributed by atoms with Crippen molar-refractivity contribution in [3.8, 4) is 0 Å². The summed E-state index contributed by atoms with van der Waals surface area (Å²) in [6, 6.07) is 30.4. The van der Waals surface area contributed by atoms with E-state index in [1.54, 1.807) is 24.5 Å². The average Bonchev–Trinajstić information content (AvgIpc) is 3.66. The molecule has 2 amide bonds. The number of benzene rings is 2. The summed E-state index contributed by atoms with van der Waals surface area (Å²) in [5.41, 5.74) is 3.46. The standard InChI is InChI=1S/C35H29N3O4/c39-20-19-38-33(40)30-24-21-25(35(42,23-13-5-2-6-14-23)27-16-8-10-18-37-27)31(32(30)34(38)41)29(24)28(22-11-3-1-4-12-22)26-15-7-9-17-36-26/h1-18,21,24,30-32,39,42H,19-20H2/t24-,30-,31+,32-,35?/m0/s1. The van der Waals surface area contributed by atoms with Crippen molar-refractivity contribution >= 4 is 17.4 Å². The number of carbonyl (C=O) groups is 2. The number of rotatable bonds is 7. The van der Waals surface area contributed by atoms with Crippen molar-refractivity contribution in [2.75, 3.05) is 13.2 Å². The van der Waals surface area contributed by atoms with E-state index in [-0.39, 0.29) is 25.0 Å². The number of aromatic nitrogens is 2. The van der Waals surface area contributed by atoms with E-state index in [2.05, 4.69) is 4.98 Å². The monoisotopic (exact) mass is 555 g/mol. The molecule has 42 heavy (non-hydrogen) atoms. The quantitative estimate of drug-likeness (QED) is 0.264. The number of likely N-dealkylation sites (tertiary alicyclic amines) is 1. The van der Waals surface area contributed by atoms with Crippen LogP contribution in [0.1, 0.15) is 22.5 Å². The molecular formula is C35H29N3O4. The maximum Gasteiger partial charge on any atom is 0.234 e. The van der Waals surface area contributed by atoms with Gasteiger partial charge in [0, 0.05) is 29.8 Å². The molecule has 1 saturated heterocycles. The molecule has 7 heteroatoms. The molecule has 1 saturated carbocycles. The highest BCUT2D eigenvalue weighted by Gasteiger charge is 2.66. The molecule has 7 nitrogen and oxygen atoms in total. The first-order valence-electron chi connectivity index (χ1n) is 14.1. The van der Waals surface area contributed by atoms with Gasteiger partial charge in [-0.3, -0.25) is 24.5 Å². The van der Waals surface area contributed by atoms with E-state index in [1.165, 1.54) is 4.90 Å². The number of β-amino-alcohol motifs (C(OH)–C–C–N with tert-alkyl or cyclic N) is 1. The lowest BCUT2D eigenvalue weighted by molar-refractivity contribution is -0.141. The van der Waals surface area contributed by atoms with Crippen LogP contribution >= 0.6 is 0 Å². The number of pyridine rings is 2. The highest BCUT2D eigenvalue weighted by atomic mass is 16.3. The highest BCUT2D eigenvalue weighted by Crippen LogP contribution is 2.64. The van der Waals surface area contributed by atoms with Crippen LogP contribution in [-0.4, -0.2) is 50.0 Å². The van der Waals surface area contributed by atoms with E-state index >= 15 is 0 Å². The SMILES string of the molecule is O=C1[C@@H]2[C@@H]3C(C(O)(c4ccccc4)c4ccccn4)=C[C@@H](C3=C(c3ccccc3)c3ccccn3)[C@@H]2C(=O)N1CCO. The van der Waals surface area contributed by atoms with E-state index in [0.29, 0.717) is 16.8 Å². The zero-order chi connectivity index (χ0) is 28.8. The van der Waals surface area contributed by atoms with E-state index in [0.717, 1.165) is 22.4 Å². The van der Waals surface area contributed by atoms with Crippen LogP contribution in [0.2, 0.25) is 0 Å². The smallest absolute Gasteiger partial charge is 0.234 e. The minimum Gasteiger partial charge on any atom is -0.395 e. The van der Waals surface area contributed by atoms with Crippen LogP contribution in [0.5, 0.6) is 0 Å². The Hall–Kier alpha value is -4.72. The Labute approximate surface area is 243 Å². The van der Waals surface area contributed by atoms with Gasteiger partial charge in [0.2, 0.25) is 11.8 Å². The molecule has 3 aliphatic rings. The predicted molar refractivity (Wildman–Crippen MR) is 156 cm³/mol. The van der Waals surface area contributed by atoms with Crippen molar-refractivity contribution in [3.05, 3.63) is 149 Å². The van der Waals surface area contributed by atoms with Gasteiger partial charge in [-0.2, -0.15) is 0 Å². The van der Waals surface area contributed by atoms with Crippen molar-refractivity contribution in [1.82, 2.24) is 14.9 Å². The van der Waals surface area contributed by atoms with Crippen LogP contribution in [-0.2, 0) is 15.2 Å². The highest BCUT2D eigenvalue weighted by molar-refractivity contribution is 6.08. The van der Waals surface area contributed by atoms with E-state index in [9.17, 15) is 19.8 Å². The fourth-order valence-corrected chi connectivity index (χ4v) is 7.23. The molecule has 208 valence electrons. The molecule has 2 aliphatic carbocycles. The molecule has 0 radical (unpaired) electrons. The van der Waals surface area contributed by atoms with E-state index in [4.69, 9.17) is 4.98 Å². The second-order valence-electron chi connectivity index (χ2n) is 10.9. The Balaban J connectivity index is 1.52. The third-order valence-electron chi connectivity index (χ3n) is 8.86. The van der Waals surface area contributed by atoms with Gasteiger partial charge in [0.1, 0.15) is 0 Å². The number of amides is 2. The van der Waals surface area contributed by atoms with Crippen molar-refractivity contribution in [3.63, 3.8) is 0 Å². The van der Waals surface area contributed by atoms with E-state index < -0.39 is 29.3 Å². The molecule has 4 aromatic rings. The fraction of sp³-hybridized carbons (Fsp3) is 0.200. The molecule has 5 atom stereocenters. The number of aliphatic hydroxyl groups is 2. The summed E-state index contributed by atoms with van der Waals surface area (Å²) < 4.78 is 0. The summed E-state index contributed by atoms with van der Waals surface area (Å²) in [7, 11) is 0. The molecule has 2 aromatic carbocycles. The van der Waals surface area contributed by atoms with Gasteiger partial charge in [0.15, 0.2) is 5.60 Å². The zero-order valence-corrected chi connectivity index (χ0v) is 22.7. The summed E-state index contributed by atoms with van der Waals surface area (Å²) in [4.78, 5) is 38.2. The van der Waals surface area contributed by atoms with Gasteiger partial charge in [-0.15, -0.1) is 0 Å². The minimum atomic E-state index is -1.65. The van der Waals surface area contributed by atoms with Crippen LogP contribution in [0.4, 0.5) is 0 Å². The summed E-state index contributed by atoms with van der Waals surface area (Å²) in [6.07, 6.45) is 5.37. The van der Waals surface area contributed by atoms with Gasteiger partial charge in [-0.05, 0) is 46.5 Å². The topological polar surface area (TPSA) is 104 Å². The number of fused-ring (bicyclic) bond motifs is 5. The lowest BCUT2D eigenvalue weighted by Crippen LogP contribution is -2.39.